The SMILES string of the molecule is CCn1ccnc1C=Cc1ccc(-c2ccc(-c3ccc(C=Cc4nccn4CC)cc3)o2)cc1. The highest BCUT2D eigenvalue weighted by Crippen LogP contribution is 2.29. The van der Waals surface area contributed by atoms with Crippen molar-refractivity contribution in [3.05, 3.63) is 108 Å². The minimum Gasteiger partial charge on any atom is -0.456 e. The van der Waals surface area contributed by atoms with Gasteiger partial charge in [-0.05, 0) is 49.3 Å². The Hall–Kier alpha value is -4.38. The summed E-state index contributed by atoms with van der Waals surface area (Å²) in [6.07, 6.45) is 15.9. The summed E-state index contributed by atoms with van der Waals surface area (Å²) < 4.78 is 10.4. The second kappa shape index (κ2) is 10.3. The van der Waals surface area contributed by atoms with Gasteiger partial charge in [-0.15, -0.1) is 0 Å². The molecule has 0 unspecified atom stereocenters. The molecular formula is C30H28N4O. The zero-order valence-electron chi connectivity index (χ0n) is 20.0. The number of furan rings is 1. The summed E-state index contributed by atoms with van der Waals surface area (Å²) in [5, 5.41) is 0. The number of hydrogen-bond acceptors (Lipinski definition) is 3. The van der Waals surface area contributed by atoms with Crippen LogP contribution in [-0.4, -0.2) is 19.1 Å². The number of aryl methyl sites for hydroxylation is 2. The molecule has 0 spiro atoms. The molecule has 5 nitrogen and oxygen atoms in total. The van der Waals surface area contributed by atoms with Crippen LogP contribution in [0.2, 0.25) is 0 Å². The van der Waals surface area contributed by atoms with Gasteiger partial charge in [0.25, 0.3) is 0 Å². The number of benzene rings is 2. The van der Waals surface area contributed by atoms with Gasteiger partial charge in [0.15, 0.2) is 0 Å². The highest BCUT2D eigenvalue weighted by atomic mass is 16.3. The fourth-order valence-corrected chi connectivity index (χ4v) is 4.00. The number of nitrogens with zero attached hydrogens (tertiary/aromatic N) is 4. The Bertz CT molecular complexity index is 1340. The number of imidazole rings is 2. The van der Waals surface area contributed by atoms with Crippen molar-refractivity contribution in [2.24, 2.45) is 0 Å². The molecule has 0 N–H and O–H groups in total. The van der Waals surface area contributed by atoms with E-state index in [1.54, 1.807) is 0 Å². The molecule has 174 valence electrons. The normalized spacial score (nSPS) is 11.7. The topological polar surface area (TPSA) is 48.8 Å². The second-order valence-electron chi connectivity index (χ2n) is 8.22. The average Bonchev–Trinajstić information content (AvgIpc) is 3.67. The molecule has 5 rings (SSSR count). The highest BCUT2D eigenvalue weighted by Gasteiger charge is 2.07. The van der Waals surface area contributed by atoms with Crippen LogP contribution >= 0.6 is 0 Å². The van der Waals surface area contributed by atoms with Crippen LogP contribution < -0.4 is 0 Å². The lowest BCUT2D eigenvalue weighted by molar-refractivity contribution is 0.597. The first-order valence-corrected chi connectivity index (χ1v) is 11.9. The average molecular weight is 461 g/mol. The van der Waals surface area contributed by atoms with Crippen molar-refractivity contribution in [3.63, 3.8) is 0 Å². The summed E-state index contributed by atoms with van der Waals surface area (Å²) in [4.78, 5) is 8.77. The Kier molecular flexibility index (Phi) is 6.57. The van der Waals surface area contributed by atoms with Crippen LogP contribution in [0.1, 0.15) is 36.6 Å². The summed E-state index contributed by atoms with van der Waals surface area (Å²) in [6, 6.07) is 20.8. The van der Waals surface area contributed by atoms with Crippen LogP contribution in [0.4, 0.5) is 0 Å². The van der Waals surface area contributed by atoms with Gasteiger partial charge < -0.3 is 13.6 Å². The minimum atomic E-state index is 0.854. The Balaban J connectivity index is 1.26. The minimum absolute atomic E-state index is 0.854. The van der Waals surface area contributed by atoms with E-state index in [1.165, 1.54) is 0 Å². The van der Waals surface area contributed by atoms with Gasteiger partial charge >= 0.3 is 0 Å². The summed E-state index contributed by atoms with van der Waals surface area (Å²) in [5.74, 6) is 3.63. The lowest BCUT2D eigenvalue weighted by Gasteiger charge is -2.02. The maximum atomic E-state index is 6.17. The van der Waals surface area contributed by atoms with Gasteiger partial charge in [0.2, 0.25) is 0 Å². The maximum Gasteiger partial charge on any atom is 0.134 e. The Morgan fingerprint density at radius 3 is 1.43 bits per heavy atom. The summed E-state index contributed by atoms with van der Waals surface area (Å²) in [7, 11) is 0. The predicted molar refractivity (Wildman–Crippen MR) is 143 cm³/mol. The molecule has 0 saturated heterocycles. The molecule has 0 amide bonds. The first kappa shape index (κ1) is 22.4. The summed E-state index contributed by atoms with van der Waals surface area (Å²) >= 11 is 0. The fraction of sp³-hybridized carbons (Fsp3) is 0.133. The first-order chi connectivity index (χ1) is 17.2. The lowest BCUT2D eigenvalue weighted by Crippen LogP contribution is -1.94. The molecule has 35 heavy (non-hydrogen) atoms. The Morgan fingerprint density at radius 2 is 1.03 bits per heavy atom. The van der Waals surface area contributed by atoms with Gasteiger partial charge in [-0.2, -0.15) is 0 Å². The van der Waals surface area contributed by atoms with E-state index in [4.69, 9.17) is 4.42 Å². The van der Waals surface area contributed by atoms with Crippen molar-refractivity contribution in [2.45, 2.75) is 26.9 Å². The third-order valence-electron chi connectivity index (χ3n) is 6.02. The third-order valence-corrected chi connectivity index (χ3v) is 6.02. The van der Waals surface area contributed by atoms with E-state index >= 15 is 0 Å². The van der Waals surface area contributed by atoms with Gasteiger partial charge in [0.1, 0.15) is 23.2 Å². The van der Waals surface area contributed by atoms with Gasteiger partial charge in [-0.25, -0.2) is 9.97 Å². The molecule has 0 aliphatic heterocycles. The van der Waals surface area contributed by atoms with Gasteiger partial charge in [0, 0.05) is 49.0 Å². The molecule has 0 saturated carbocycles. The van der Waals surface area contributed by atoms with E-state index in [0.29, 0.717) is 0 Å². The predicted octanol–water partition coefficient (Wildman–Crippen LogP) is 7.39. The van der Waals surface area contributed by atoms with Gasteiger partial charge in [-0.3, -0.25) is 0 Å². The molecule has 0 aliphatic carbocycles. The highest BCUT2D eigenvalue weighted by molar-refractivity contribution is 5.72. The molecule has 2 aromatic carbocycles. The van der Waals surface area contributed by atoms with Crippen LogP contribution in [0.15, 0.2) is 89.9 Å². The van der Waals surface area contributed by atoms with E-state index in [1.807, 2.05) is 49.1 Å². The molecule has 0 fully saturated rings. The lowest BCUT2D eigenvalue weighted by atomic mass is 10.1. The van der Waals surface area contributed by atoms with Gasteiger partial charge in [0.05, 0.1) is 0 Å². The third kappa shape index (κ3) is 5.09. The van der Waals surface area contributed by atoms with Gasteiger partial charge in [-0.1, -0.05) is 60.7 Å². The van der Waals surface area contributed by atoms with Crippen LogP contribution in [0.5, 0.6) is 0 Å². The molecule has 0 atom stereocenters. The molecule has 0 bridgehead atoms. The van der Waals surface area contributed by atoms with E-state index < -0.39 is 0 Å². The zero-order chi connectivity index (χ0) is 24.0. The van der Waals surface area contributed by atoms with E-state index in [2.05, 4.69) is 93.6 Å². The second-order valence-corrected chi connectivity index (χ2v) is 8.22. The molecule has 3 heterocycles. The van der Waals surface area contributed by atoms with E-state index in [9.17, 15) is 0 Å². The maximum absolute atomic E-state index is 6.17. The molecule has 0 radical (unpaired) electrons. The van der Waals surface area contributed by atoms with Crippen LogP contribution in [0, 0.1) is 0 Å². The Morgan fingerprint density at radius 1 is 0.600 bits per heavy atom. The number of rotatable bonds is 8. The number of aromatic nitrogens is 4. The van der Waals surface area contributed by atoms with Crippen molar-refractivity contribution in [1.29, 1.82) is 0 Å². The molecule has 3 aromatic heterocycles. The van der Waals surface area contributed by atoms with Crippen molar-refractivity contribution >= 4 is 24.3 Å². The molecular weight excluding hydrogens is 432 g/mol. The van der Waals surface area contributed by atoms with Crippen molar-refractivity contribution in [3.8, 4) is 22.6 Å². The zero-order valence-corrected chi connectivity index (χ0v) is 20.0. The smallest absolute Gasteiger partial charge is 0.134 e. The molecule has 5 heteroatoms. The standard InChI is InChI=1S/C30H28N4O/c1-3-33-21-19-31-29(33)17-9-23-5-11-25(12-6-23)27-15-16-28(35-27)26-13-7-24(8-14-26)10-18-30-32-20-22-34(30)4-2/h5-22H,3-4H2,1-2H3. The van der Waals surface area contributed by atoms with Crippen LogP contribution in [0.25, 0.3) is 47.0 Å². The Labute approximate surface area is 205 Å². The summed E-state index contributed by atoms with van der Waals surface area (Å²) in [6.45, 7) is 6.04. The van der Waals surface area contributed by atoms with Crippen molar-refractivity contribution in [1.82, 2.24) is 19.1 Å². The number of hydrogen-bond donors (Lipinski definition) is 0. The first-order valence-electron chi connectivity index (χ1n) is 11.9. The molecule has 0 aliphatic rings. The van der Waals surface area contributed by atoms with E-state index in [-0.39, 0.29) is 0 Å². The molecule has 5 aromatic rings. The van der Waals surface area contributed by atoms with Crippen LogP contribution in [-0.2, 0) is 13.1 Å². The fourth-order valence-electron chi connectivity index (χ4n) is 4.00. The largest absolute Gasteiger partial charge is 0.456 e. The summed E-state index contributed by atoms with van der Waals surface area (Å²) in [5.41, 5.74) is 4.34. The van der Waals surface area contributed by atoms with Crippen LogP contribution in [0.3, 0.4) is 0 Å². The van der Waals surface area contributed by atoms with Crippen molar-refractivity contribution in [2.75, 3.05) is 0 Å². The quantitative estimate of drug-likeness (QED) is 0.243. The monoisotopic (exact) mass is 460 g/mol. The van der Waals surface area contributed by atoms with E-state index in [0.717, 1.165) is 58.5 Å². The van der Waals surface area contributed by atoms with Crippen molar-refractivity contribution < 1.29 is 4.42 Å².